The summed E-state index contributed by atoms with van der Waals surface area (Å²) < 4.78 is 16.4. The lowest BCUT2D eigenvalue weighted by atomic mass is 10.2. The van der Waals surface area contributed by atoms with Gasteiger partial charge in [0.05, 0.1) is 25.9 Å². The van der Waals surface area contributed by atoms with Crippen molar-refractivity contribution in [3.63, 3.8) is 0 Å². The van der Waals surface area contributed by atoms with Gasteiger partial charge in [0.1, 0.15) is 24.4 Å². The van der Waals surface area contributed by atoms with Crippen LogP contribution < -0.4 is 20.1 Å². The average Bonchev–Trinajstić information content (AvgIpc) is 3.23. The van der Waals surface area contributed by atoms with E-state index in [-0.39, 0.29) is 0 Å². The molecule has 28 heavy (non-hydrogen) atoms. The fraction of sp³-hybridized carbons (Fsp3) is 0.238. The Morgan fingerprint density at radius 1 is 1.07 bits per heavy atom. The van der Waals surface area contributed by atoms with Crippen LogP contribution in [0, 0.1) is 0 Å². The van der Waals surface area contributed by atoms with Crippen molar-refractivity contribution in [1.82, 2.24) is 15.6 Å². The number of nitrogens with zero attached hydrogens (tertiary/aromatic N) is 2. The summed E-state index contributed by atoms with van der Waals surface area (Å²) in [6.07, 6.45) is 1.65. The van der Waals surface area contributed by atoms with Gasteiger partial charge in [-0.15, -0.1) is 0 Å². The number of aliphatic imine (C=N–C) groups is 1. The molecule has 146 valence electrons. The van der Waals surface area contributed by atoms with Gasteiger partial charge in [0, 0.05) is 18.7 Å². The number of oxazole rings is 1. The van der Waals surface area contributed by atoms with Crippen molar-refractivity contribution in [3.8, 4) is 23.0 Å². The van der Waals surface area contributed by atoms with E-state index >= 15 is 0 Å². The van der Waals surface area contributed by atoms with Crippen molar-refractivity contribution in [2.75, 3.05) is 27.3 Å². The lowest BCUT2D eigenvalue weighted by Crippen LogP contribution is -2.38. The largest absolute Gasteiger partial charge is 0.497 e. The van der Waals surface area contributed by atoms with Gasteiger partial charge in [0.25, 0.3) is 0 Å². The smallest absolute Gasteiger partial charge is 0.226 e. The summed E-state index contributed by atoms with van der Waals surface area (Å²) in [6, 6.07) is 17.3. The van der Waals surface area contributed by atoms with Crippen LogP contribution in [0.3, 0.4) is 0 Å². The molecule has 0 aliphatic carbocycles. The molecule has 0 spiro atoms. The van der Waals surface area contributed by atoms with Crippen molar-refractivity contribution >= 4 is 5.96 Å². The molecule has 0 saturated heterocycles. The van der Waals surface area contributed by atoms with E-state index < -0.39 is 0 Å². The molecular weight excluding hydrogens is 356 g/mol. The maximum absolute atomic E-state index is 5.71. The van der Waals surface area contributed by atoms with Gasteiger partial charge in [-0.2, -0.15) is 0 Å². The van der Waals surface area contributed by atoms with E-state index in [1.54, 1.807) is 20.4 Å². The van der Waals surface area contributed by atoms with E-state index in [4.69, 9.17) is 13.9 Å². The van der Waals surface area contributed by atoms with Crippen molar-refractivity contribution in [2.24, 2.45) is 4.99 Å². The monoisotopic (exact) mass is 380 g/mol. The molecule has 7 heteroatoms. The van der Waals surface area contributed by atoms with Gasteiger partial charge in [-0.1, -0.05) is 24.3 Å². The van der Waals surface area contributed by atoms with Crippen LogP contribution in [0.25, 0.3) is 11.5 Å². The fourth-order valence-corrected chi connectivity index (χ4v) is 2.53. The molecule has 3 aromatic rings. The molecule has 0 unspecified atom stereocenters. The zero-order valence-corrected chi connectivity index (χ0v) is 16.0. The quantitative estimate of drug-likeness (QED) is 0.355. The molecule has 0 bridgehead atoms. The molecule has 1 aromatic heterocycles. The van der Waals surface area contributed by atoms with Gasteiger partial charge in [-0.25, -0.2) is 4.98 Å². The molecule has 1 heterocycles. The summed E-state index contributed by atoms with van der Waals surface area (Å²) >= 11 is 0. The van der Waals surface area contributed by atoms with Crippen LogP contribution in [0.1, 0.15) is 5.69 Å². The fourth-order valence-electron chi connectivity index (χ4n) is 2.53. The Hall–Kier alpha value is -3.48. The summed E-state index contributed by atoms with van der Waals surface area (Å²) in [6.45, 7) is 1.60. The Labute approximate surface area is 164 Å². The van der Waals surface area contributed by atoms with Gasteiger partial charge < -0.3 is 24.5 Å². The second kappa shape index (κ2) is 10.0. The van der Waals surface area contributed by atoms with Crippen molar-refractivity contribution in [2.45, 2.75) is 6.54 Å². The highest BCUT2D eigenvalue weighted by atomic mass is 16.5. The van der Waals surface area contributed by atoms with E-state index in [9.17, 15) is 0 Å². The van der Waals surface area contributed by atoms with E-state index in [1.165, 1.54) is 0 Å². The van der Waals surface area contributed by atoms with Gasteiger partial charge in [-0.3, -0.25) is 4.99 Å². The van der Waals surface area contributed by atoms with Crippen LogP contribution in [0.5, 0.6) is 11.5 Å². The Morgan fingerprint density at radius 2 is 1.89 bits per heavy atom. The van der Waals surface area contributed by atoms with Gasteiger partial charge in [0.2, 0.25) is 5.89 Å². The summed E-state index contributed by atoms with van der Waals surface area (Å²) in [5.74, 6) is 2.80. The number of guanidine groups is 1. The van der Waals surface area contributed by atoms with E-state index in [1.807, 2.05) is 54.6 Å². The summed E-state index contributed by atoms with van der Waals surface area (Å²) in [7, 11) is 3.35. The van der Waals surface area contributed by atoms with Crippen LogP contribution in [0.2, 0.25) is 0 Å². The minimum atomic E-state index is 0.496. The highest BCUT2D eigenvalue weighted by molar-refractivity contribution is 5.79. The Kier molecular flexibility index (Phi) is 6.89. The van der Waals surface area contributed by atoms with Crippen LogP contribution in [-0.4, -0.2) is 38.3 Å². The minimum absolute atomic E-state index is 0.496. The molecule has 0 fully saturated rings. The highest BCUT2D eigenvalue weighted by Crippen LogP contribution is 2.19. The maximum atomic E-state index is 5.71. The summed E-state index contributed by atoms with van der Waals surface area (Å²) in [4.78, 5) is 8.69. The molecule has 0 atom stereocenters. The molecule has 3 rings (SSSR count). The average molecular weight is 380 g/mol. The third-order valence-electron chi connectivity index (χ3n) is 3.94. The zero-order valence-electron chi connectivity index (χ0n) is 16.0. The third kappa shape index (κ3) is 5.51. The third-order valence-corrected chi connectivity index (χ3v) is 3.94. The first kappa shape index (κ1) is 19.3. The predicted octanol–water partition coefficient (Wildman–Crippen LogP) is 3.09. The van der Waals surface area contributed by atoms with Crippen molar-refractivity contribution < 1.29 is 13.9 Å². The lowest BCUT2D eigenvalue weighted by molar-refractivity contribution is 0.319. The lowest BCUT2D eigenvalue weighted by Gasteiger charge is -2.12. The normalized spacial score (nSPS) is 11.1. The SMILES string of the molecule is CN=C(NCCOc1cccc(OC)c1)NCc1coc(-c2ccccc2)n1. The first-order chi connectivity index (χ1) is 13.8. The number of hydrogen-bond donors (Lipinski definition) is 2. The Morgan fingerprint density at radius 3 is 2.68 bits per heavy atom. The number of hydrogen-bond acceptors (Lipinski definition) is 5. The number of rotatable bonds is 8. The summed E-state index contributed by atoms with van der Waals surface area (Å²) in [5.41, 5.74) is 1.75. The number of methoxy groups -OCH3 is 1. The number of benzene rings is 2. The number of ether oxygens (including phenoxy) is 2. The Bertz CT molecular complexity index is 893. The molecule has 0 radical (unpaired) electrons. The van der Waals surface area contributed by atoms with Crippen LogP contribution in [0.4, 0.5) is 0 Å². The second-order valence-electron chi connectivity index (χ2n) is 5.89. The first-order valence-corrected chi connectivity index (χ1v) is 8.99. The number of nitrogens with one attached hydrogen (secondary N) is 2. The van der Waals surface area contributed by atoms with Crippen molar-refractivity contribution in [1.29, 1.82) is 0 Å². The van der Waals surface area contributed by atoms with Crippen LogP contribution >= 0.6 is 0 Å². The molecule has 0 amide bonds. The zero-order chi connectivity index (χ0) is 19.6. The van der Waals surface area contributed by atoms with Crippen LogP contribution in [-0.2, 0) is 6.54 Å². The van der Waals surface area contributed by atoms with Crippen LogP contribution in [0.15, 0.2) is 70.3 Å². The molecule has 2 aromatic carbocycles. The molecule has 7 nitrogen and oxygen atoms in total. The van der Waals surface area contributed by atoms with E-state index in [0.29, 0.717) is 31.5 Å². The van der Waals surface area contributed by atoms with Gasteiger partial charge >= 0.3 is 0 Å². The molecule has 0 aliphatic rings. The van der Waals surface area contributed by atoms with E-state index in [2.05, 4.69) is 20.6 Å². The highest BCUT2D eigenvalue weighted by Gasteiger charge is 2.07. The second-order valence-corrected chi connectivity index (χ2v) is 5.89. The van der Waals surface area contributed by atoms with Gasteiger partial charge in [-0.05, 0) is 24.3 Å². The first-order valence-electron chi connectivity index (χ1n) is 8.99. The molecule has 0 saturated carbocycles. The molecule has 2 N–H and O–H groups in total. The summed E-state index contributed by atoms with van der Waals surface area (Å²) in [5, 5.41) is 6.41. The standard InChI is InChI=1S/C21H24N4O3/c1-22-21(23-11-12-27-19-10-6-9-18(13-19)26-2)24-14-17-15-28-20(25-17)16-7-4-3-5-8-16/h3-10,13,15H,11-12,14H2,1-2H3,(H2,22,23,24). The van der Waals surface area contributed by atoms with E-state index in [0.717, 1.165) is 22.8 Å². The maximum Gasteiger partial charge on any atom is 0.226 e. The Balaban J connectivity index is 1.42. The minimum Gasteiger partial charge on any atom is -0.497 e. The topological polar surface area (TPSA) is 80.9 Å². The molecular formula is C21H24N4O3. The van der Waals surface area contributed by atoms with Gasteiger partial charge in [0.15, 0.2) is 5.96 Å². The van der Waals surface area contributed by atoms with Crippen molar-refractivity contribution in [3.05, 3.63) is 66.6 Å². The predicted molar refractivity (Wildman–Crippen MR) is 109 cm³/mol. The molecule has 0 aliphatic heterocycles. The number of aromatic nitrogens is 1.